The van der Waals surface area contributed by atoms with Crippen LogP contribution in [0, 0.1) is 5.92 Å². The molecule has 1 heterocycles. The van der Waals surface area contributed by atoms with Crippen molar-refractivity contribution >= 4 is 23.2 Å². The number of hydrogen-bond donors (Lipinski definition) is 1. The van der Waals surface area contributed by atoms with Crippen molar-refractivity contribution in [3.05, 3.63) is 64.7 Å². The molecule has 1 N–H and O–H groups in total. The predicted octanol–water partition coefficient (Wildman–Crippen LogP) is 5.21. The minimum Gasteiger partial charge on any atom is -0.326 e. The number of benzene rings is 2. The fraction of sp³-hybridized carbons (Fsp3) is 0.350. The maximum Gasteiger partial charge on any atom is 0.416 e. The number of carbonyl (C=O) groups excluding carboxylic acids is 1. The van der Waals surface area contributed by atoms with Crippen LogP contribution in [-0.4, -0.2) is 23.9 Å². The summed E-state index contributed by atoms with van der Waals surface area (Å²) in [6.07, 6.45) is -2.87. The standard InChI is InChI=1S/C20H20ClF3N2O/c21-18-9-2-1-5-14(18)12-26-10-4-6-15(13-26)19(27)25-17-8-3-7-16(11-17)20(22,23)24/h1-3,5,7-9,11,15H,4,6,10,12-13H2,(H,25,27). The van der Waals surface area contributed by atoms with E-state index in [9.17, 15) is 18.0 Å². The van der Waals surface area contributed by atoms with Gasteiger partial charge in [0.1, 0.15) is 0 Å². The first kappa shape index (κ1) is 19.7. The number of piperidine rings is 1. The Hall–Kier alpha value is -2.05. The molecule has 1 atom stereocenters. The van der Waals surface area contributed by atoms with Crippen molar-refractivity contribution in [1.82, 2.24) is 4.90 Å². The molecule has 7 heteroatoms. The molecule has 144 valence electrons. The van der Waals surface area contributed by atoms with Crippen molar-refractivity contribution in [2.75, 3.05) is 18.4 Å². The average Bonchev–Trinajstić information content (AvgIpc) is 2.63. The van der Waals surface area contributed by atoms with Crippen LogP contribution in [0.2, 0.25) is 5.02 Å². The molecule has 0 radical (unpaired) electrons. The van der Waals surface area contributed by atoms with Crippen LogP contribution in [-0.2, 0) is 17.5 Å². The van der Waals surface area contributed by atoms with Crippen LogP contribution in [0.15, 0.2) is 48.5 Å². The fourth-order valence-electron chi connectivity index (χ4n) is 3.30. The molecule has 1 amide bonds. The molecule has 1 saturated heterocycles. The maximum absolute atomic E-state index is 12.8. The van der Waals surface area contributed by atoms with E-state index in [0.29, 0.717) is 24.5 Å². The Morgan fingerprint density at radius 3 is 2.70 bits per heavy atom. The molecule has 1 unspecified atom stereocenters. The largest absolute Gasteiger partial charge is 0.416 e. The van der Waals surface area contributed by atoms with Crippen LogP contribution in [0.1, 0.15) is 24.0 Å². The summed E-state index contributed by atoms with van der Waals surface area (Å²) in [6, 6.07) is 12.3. The minimum absolute atomic E-state index is 0.165. The zero-order chi connectivity index (χ0) is 19.4. The number of alkyl halides is 3. The van der Waals surface area contributed by atoms with Crippen LogP contribution in [0.3, 0.4) is 0 Å². The number of anilines is 1. The van der Waals surface area contributed by atoms with E-state index in [1.807, 2.05) is 24.3 Å². The highest BCUT2D eigenvalue weighted by Crippen LogP contribution is 2.31. The normalized spacial score (nSPS) is 18.3. The van der Waals surface area contributed by atoms with E-state index >= 15 is 0 Å². The van der Waals surface area contributed by atoms with Gasteiger partial charge < -0.3 is 5.32 Å². The Bertz CT molecular complexity index is 810. The zero-order valence-corrected chi connectivity index (χ0v) is 15.4. The SMILES string of the molecule is O=C(Nc1cccc(C(F)(F)F)c1)C1CCCN(Cc2ccccc2Cl)C1. The Balaban J connectivity index is 1.63. The molecule has 3 rings (SSSR count). The van der Waals surface area contributed by atoms with E-state index in [4.69, 9.17) is 11.6 Å². The highest BCUT2D eigenvalue weighted by atomic mass is 35.5. The van der Waals surface area contributed by atoms with Gasteiger partial charge in [0.25, 0.3) is 0 Å². The van der Waals surface area contributed by atoms with Gasteiger partial charge in [-0.2, -0.15) is 13.2 Å². The van der Waals surface area contributed by atoms with Gasteiger partial charge in [0, 0.05) is 23.8 Å². The summed E-state index contributed by atoms with van der Waals surface area (Å²) in [7, 11) is 0. The molecule has 2 aromatic rings. The van der Waals surface area contributed by atoms with Gasteiger partial charge in [-0.25, -0.2) is 0 Å². The first-order valence-corrected chi connectivity index (χ1v) is 9.14. The lowest BCUT2D eigenvalue weighted by Crippen LogP contribution is -2.40. The Morgan fingerprint density at radius 1 is 1.19 bits per heavy atom. The van der Waals surface area contributed by atoms with Crippen molar-refractivity contribution in [2.24, 2.45) is 5.92 Å². The number of rotatable bonds is 4. The van der Waals surface area contributed by atoms with Crippen molar-refractivity contribution < 1.29 is 18.0 Å². The van der Waals surface area contributed by atoms with E-state index < -0.39 is 11.7 Å². The molecule has 0 aromatic heterocycles. The highest BCUT2D eigenvalue weighted by molar-refractivity contribution is 6.31. The second-order valence-corrected chi connectivity index (χ2v) is 7.14. The van der Waals surface area contributed by atoms with E-state index in [1.54, 1.807) is 0 Å². The molecule has 2 aromatic carbocycles. The smallest absolute Gasteiger partial charge is 0.326 e. The van der Waals surface area contributed by atoms with Crippen molar-refractivity contribution in [3.8, 4) is 0 Å². The molecule has 0 bridgehead atoms. The lowest BCUT2D eigenvalue weighted by Gasteiger charge is -2.32. The zero-order valence-electron chi connectivity index (χ0n) is 14.6. The van der Waals surface area contributed by atoms with Gasteiger partial charge in [-0.15, -0.1) is 0 Å². The molecular weight excluding hydrogens is 377 g/mol. The van der Waals surface area contributed by atoms with Crippen LogP contribution in [0.5, 0.6) is 0 Å². The van der Waals surface area contributed by atoms with E-state index in [0.717, 1.165) is 30.7 Å². The maximum atomic E-state index is 12.8. The quantitative estimate of drug-likeness (QED) is 0.769. The monoisotopic (exact) mass is 396 g/mol. The van der Waals surface area contributed by atoms with Gasteiger partial charge in [0.2, 0.25) is 5.91 Å². The van der Waals surface area contributed by atoms with Crippen molar-refractivity contribution in [2.45, 2.75) is 25.6 Å². The van der Waals surface area contributed by atoms with Gasteiger partial charge in [-0.3, -0.25) is 9.69 Å². The number of amides is 1. The van der Waals surface area contributed by atoms with E-state index in [1.165, 1.54) is 12.1 Å². The number of carbonyl (C=O) groups is 1. The number of nitrogens with zero attached hydrogens (tertiary/aromatic N) is 1. The lowest BCUT2D eigenvalue weighted by atomic mass is 9.96. The van der Waals surface area contributed by atoms with Gasteiger partial charge in [0.15, 0.2) is 0 Å². The summed E-state index contributed by atoms with van der Waals surface area (Å²) in [4.78, 5) is 14.7. The average molecular weight is 397 g/mol. The van der Waals surface area contributed by atoms with Gasteiger partial charge in [-0.1, -0.05) is 35.9 Å². The first-order valence-electron chi connectivity index (χ1n) is 8.77. The number of hydrogen-bond acceptors (Lipinski definition) is 2. The summed E-state index contributed by atoms with van der Waals surface area (Å²) in [5.41, 5.74) is 0.389. The van der Waals surface area contributed by atoms with Crippen LogP contribution >= 0.6 is 11.6 Å². The molecule has 0 aliphatic carbocycles. The predicted molar refractivity (Wildman–Crippen MR) is 99.5 cm³/mol. The third kappa shape index (κ3) is 5.23. The molecule has 1 fully saturated rings. The third-order valence-corrected chi connectivity index (χ3v) is 5.05. The van der Waals surface area contributed by atoms with Gasteiger partial charge in [-0.05, 0) is 49.2 Å². The van der Waals surface area contributed by atoms with E-state index in [2.05, 4.69) is 10.2 Å². The molecule has 27 heavy (non-hydrogen) atoms. The molecule has 1 aliphatic rings. The van der Waals surface area contributed by atoms with Gasteiger partial charge in [0.05, 0.1) is 11.5 Å². The summed E-state index contributed by atoms with van der Waals surface area (Å²) >= 11 is 6.20. The number of likely N-dealkylation sites (tertiary alicyclic amines) is 1. The van der Waals surface area contributed by atoms with E-state index in [-0.39, 0.29) is 17.5 Å². The fourth-order valence-corrected chi connectivity index (χ4v) is 3.49. The number of nitrogens with one attached hydrogen (secondary N) is 1. The van der Waals surface area contributed by atoms with Crippen LogP contribution in [0.25, 0.3) is 0 Å². The van der Waals surface area contributed by atoms with Crippen LogP contribution < -0.4 is 5.32 Å². The molecule has 3 nitrogen and oxygen atoms in total. The molecule has 1 aliphatic heterocycles. The Labute approximate surface area is 161 Å². The highest BCUT2D eigenvalue weighted by Gasteiger charge is 2.31. The van der Waals surface area contributed by atoms with Gasteiger partial charge >= 0.3 is 6.18 Å². The van der Waals surface area contributed by atoms with Crippen molar-refractivity contribution in [1.29, 1.82) is 0 Å². The summed E-state index contributed by atoms with van der Waals surface area (Å²) in [5, 5.41) is 3.32. The summed E-state index contributed by atoms with van der Waals surface area (Å²) < 4.78 is 38.5. The molecule has 0 spiro atoms. The van der Waals surface area contributed by atoms with Crippen LogP contribution in [0.4, 0.5) is 18.9 Å². The topological polar surface area (TPSA) is 32.3 Å². The Kier molecular flexibility index (Phi) is 6.07. The minimum atomic E-state index is -4.43. The first-order chi connectivity index (χ1) is 12.8. The summed E-state index contributed by atoms with van der Waals surface area (Å²) in [6.45, 7) is 2.06. The molecular formula is C20H20ClF3N2O. The second kappa shape index (κ2) is 8.31. The molecule has 0 saturated carbocycles. The number of halogens is 4. The van der Waals surface area contributed by atoms with Crippen molar-refractivity contribution in [3.63, 3.8) is 0 Å². The second-order valence-electron chi connectivity index (χ2n) is 6.73. The lowest BCUT2D eigenvalue weighted by molar-refractivity contribution is -0.137. The summed E-state index contributed by atoms with van der Waals surface area (Å²) in [5.74, 6) is -0.519. The Morgan fingerprint density at radius 2 is 1.96 bits per heavy atom. The third-order valence-electron chi connectivity index (χ3n) is 4.69.